The number of nitrogens with two attached hydrogens (primary N) is 1. The molecule has 9 heteroatoms. The third-order valence-corrected chi connectivity index (χ3v) is 7.79. The highest BCUT2D eigenvalue weighted by Crippen LogP contribution is 2.34. The quantitative estimate of drug-likeness (QED) is 0.439. The predicted octanol–water partition coefficient (Wildman–Crippen LogP) is 3.04. The van der Waals surface area contributed by atoms with E-state index in [4.69, 9.17) is 10.5 Å². The Bertz CT molecular complexity index is 665. The molecule has 1 heterocycles. The zero-order valence-electron chi connectivity index (χ0n) is 21.0. The summed E-state index contributed by atoms with van der Waals surface area (Å²) >= 11 is 1.63. The summed E-state index contributed by atoms with van der Waals surface area (Å²) in [6.07, 6.45) is 5.57. The van der Waals surface area contributed by atoms with Gasteiger partial charge in [-0.05, 0) is 70.0 Å². The van der Waals surface area contributed by atoms with Crippen LogP contribution >= 0.6 is 11.8 Å². The largest absolute Gasteiger partial charge is 0.450 e. The molecule has 0 unspecified atom stereocenters. The van der Waals surface area contributed by atoms with E-state index in [1.54, 1.807) is 16.7 Å². The monoisotopic (exact) mass is 484 g/mol. The Kier molecular flexibility index (Phi) is 10.8. The highest BCUT2D eigenvalue weighted by atomic mass is 32.2. The first-order valence-electron chi connectivity index (χ1n) is 12.5. The van der Waals surface area contributed by atoms with Crippen LogP contribution in [0.4, 0.5) is 4.79 Å². The van der Waals surface area contributed by atoms with Crippen molar-refractivity contribution >= 4 is 29.7 Å². The zero-order valence-corrected chi connectivity index (χ0v) is 21.8. The third-order valence-electron chi connectivity index (χ3n) is 6.48. The van der Waals surface area contributed by atoms with Crippen LogP contribution in [-0.4, -0.2) is 70.6 Å². The van der Waals surface area contributed by atoms with Crippen molar-refractivity contribution in [2.45, 2.75) is 108 Å². The number of likely N-dealkylation sites (tertiary alicyclic amines) is 1. The molecule has 0 aromatic carbocycles. The molecule has 4 N–H and O–H groups in total. The lowest BCUT2D eigenvalue weighted by molar-refractivity contribution is -0.140. The first-order chi connectivity index (χ1) is 15.5. The van der Waals surface area contributed by atoms with Gasteiger partial charge in [0.15, 0.2) is 0 Å². The normalized spacial score (nSPS) is 24.5. The number of amides is 3. The molecule has 2 aliphatic rings. The number of rotatable bonds is 10. The SMILES string of the molecule is CCCOC(=O)N[C@@H](C(=O)N1CCC[C@H]1C(=O)NCC1CCC(N)CC1)C(C)(C)SC(C)C. The van der Waals surface area contributed by atoms with Gasteiger partial charge >= 0.3 is 6.09 Å². The molecule has 0 bridgehead atoms. The molecule has 1 aliphatic carbocycles. The van der Waals surface area contributed by atoms with Crippen LogP contribution in [0.1, 0.15) is 79.6 Å². The Morgan fingerprint density at radius 3 is 2.42 bits per heavy atom. The smallest absolute Gasteiger partial charge is 0.407 e. The Morgan fingerprint density at radius 2 is 1.82 bits per heavy atom. The second kappa shape index (κ2) is 12.8. The minimum Gasteiger partial charge on any atom is -0.450 e. The number of carbonyl (C=O) groups excluding carboxylic acids is 3. The van der Waals surface area contributed by atoms with E-state index in [0.29, 0.717) is 38.5 Å². The first-order valence-corrected chi connectivity index (χ1v) is 13.4. The van der Waals surface area contributed by atoms with E-state index in [1.807, 2.05) is 20.8 Å². The fraction of sp³-hybridized carbons (Fsp3) is 0.875. The second-order valence-corrected chi connectivity index (χ2v) is 12.4. The minimum atomic E-state index is -0.789. The van der Waals surface area contributed by atoms with Crippen LogP contribution in [0.3, 0.4) is 0 Å². The number of alkyl carbamates (subject to hydrolysis) is 1. The summed E-state index contributed by atoms with van der Waals surface area (Å²) in [6, 6.07) is -1.01. The Balaban J connectivity index is 2.07. The minimum absolute atomic E-state index is 0.0997. The van der Waals surface area contributed by atoms with E-state index in [9.17, 15) is 14.4 Å². The van der Waals surface area contributed by atoms with Crippen LogP contribution in [0, 0.1) is 5.92 Å². The molecule has 33 heavy (non-hydrogen) atoms. The van der Waals surface area contributed by atoms with Gasteiger partial charge in [0.25, 0.3) is 0 Å². The van der Waals surface area contributed by atoms with Gasteiger partial charge in [-0.15, -0.1) is 0 Å². The van der Waals surface area contributed by atoms with Gasteiger partial charge in [0.2, 0.25) is 11.8 Å². The summed E-state index contributed by atoms with van der Waals surface area (Å²) in [7, 11) is 0. The van der Waals surface area contributed by atoms with Crippen LogP contribution in [0.25, 0.3) is 0 Å². The van der Waals surface area contributed by atoms with Crippen molar-refractivity contribution in [2.24, 2.45) is 11.7 Å². The number of hydrogen-bond acceptors (Lipinski definition) is 6. The van der Waals surface area contributed by atoms with E-state index in [1.165, 1.54) is 0 Å². The Morgan fingerprint density at radius 1 is 1.15 bits per heavy atom. The van der Waals surface area contributed by atoms with Crippen LogP contribution in [0.15, 0.2) is 0 Å². The maximum absolute atomic E-state index is 13.7. The summed E-state index contributed by atoms with van der Waals surface area (Å²) in [5.74, 6) is 0.128. The average Bonchev–Trinajstić information content (AvgIpc) is 3.24. The van der Waals surface area contributed by atoms with Gasteiger partial charge < -0.3 is 26.0 Å². The predicted molar refractivity (Wildman–Crippen MR) is 133 cm³/mol. The van der Waals surface area contributed by atoms with Crippen molar-refractivity contribution < 1.29 is 19.1 Å². The molecule has 2 fully saturated rings. The fourth-order valence-electron chi connectivity index (χ4n) is 4.79. The molecular formula is C24H44N4O4S. The van der Waals surface area contributed by atoms with E-state index in [0.717, 1.165) is 32.1 Å². The molecule has 1 aliphatic heterocycles. The molecular weight excluding hydrogens is 440 g/mol. The van der Waals surface area contributed by atoms with Crippen molar-refractivity contribution in [3.63, 3.8) is 0 Å². The highest BCUT2D eigenvalue weighted by Gasteiger charge is 2.44. The van der Waals surface area contributed by atoms with Crippen LogP contribution in [0.2, 0.25) is 0 Å². The van der Waals surface area contributed by atoms with Crippen LogP contribution < -0.4 is 16.4 Å². The molecule has 3 amide bonds. The maximum Gasteiger partial charge on any atom is 0.407 e. The summed E-state index contributed by atoms with van der Waals surface area (Å²) in [5, 5.41) is 6.15. The molecule has 0 spiro atoms. The van der Waals surface area contributed by atoms with Gasteiger partial charge in [-0.1, -0.05) is 20.8 Å². The number of nitrogens with one attached hydrogen (secondary N) is 2. The van der Waals surface area contributed by atoms with Crippen molar-refractivity contribution in [1.82, 2.24) is 15.5 Å². The second-order valence-electron chi connectivity index (χ2n) is 10.2. The van der Waals surface area contributed by atoms with Crippen molar-refractivity contribution in [3.8, 4) is 0 Å². The standard InChI is InChI=1S/C24H44N4O4S/c1-6-14-32-23(31)27-20(24(4,5)33-16(2)3)22(30)28-13-7-8-19(28)21(29)26-15-17-9-11-18(25)12-10-17/h16-20H,6-15,25H2,1-5H3,(H,26,29)(H,27,31)/t17?,18?,19-,20-/m0/s1. The number of hydrogen-bond donors (Lipinski definition) is 3. The highest BCUT2D eigenvalue weighted by molar-refractivity contribution is 8.01. The lowest BCUT2D eigenvalue weighted by Crippen LogP contribution is -2.60. The Hall–Kier alpha value is -1.48. The van der Waals surface area contributed by atoms with Crippen molar-refractivity contribution in [2.75, 3.05) is 19.7 Å². The first kappa shape index (κ1) is 27.8. The van der Waals surface area contributed by atoms with E-state index < -0.39 is 22.9 Å². The maximum atomic E-state index is 13.7. The van der Waals surface area contributed by atoms with Crippen molar-refractivity contribution in [1.29, 1.82) is 0 Å². The molecule has 2 rings (SSSR count). The number of ether oxygens (including phenoxy) is 1. The van der Waals surface area contributed by atoms with Gasteiger partial charge in [-0.3, -0.25) is 9.59 Å². The third kappa shape index (κ3) is 8.35. The summed E-state index contributed by atoms with van der Waals surface area (Å²) in [4.78, 5) is 40.8. The topological polar surface area (TPSA) is 114 Å². The zero-order chi connectivity index (χ0) is 24.6. The van der Waals surface area contributed by atoms with Gasteiger partial charge in [-0.2, -0.15) is 11.8 Å². The molecule has 1 saturated carbocycles. The molecule has 190 valence electrons. The summed E-state index contributed by atoms with van der Waals surface area (Å²) in [6.45, 7) is 11.4. The van der Waals surface area contributed by atoms with Crippen molar-refractivity contribution in [3.05, 3.63) is 0 Å². The van der Waals surface area contributed by atoms with E-state index >= 15 is 0 Å². The van der Waals surface area contributed by atoms with Gasteiger partial charge in [-0.25, -0.2) is 4.79 Å². The lowest BCUT2D eigenvalue weighted by Gasteiger charge is -2.38. The average molecular weight is 485 g/mol. The van der Waals surface area contributed by atoms with Gasteiger partial charge in [0, 0.05) is 23.9 Å². The molecule has 2 atom stereocenters. The fourth-order valence-corrected chi connectivity index (χ4v) is 6.30. The summed E-state index contributed by atoms with van der Waals surface area (Å²) < 4.78 is 4.64. The van der Waals surface area contributed by atoms with E-state index in [2.05, 4.69) is 24.5 Å². The van der Waals surface area contributed by atoms with Gasteiger partial charge in [0.05, 0.1) is 6.61 Å². The van der Waals surface area contributed by atoms with Gasteiger partial charge in [0.1, 0.15) is 12.1 Å². The molecule has 0 radical (unpaired) electrons. The number of thioether (sulfide) groups is 1. The van der Waals surface area contributed by atoms with Crippen LogP contribution in [-0.2, 0) is 14.3 Å². The lowest BCUT2D eigenvalue weighted by atomic mass is 9.86. The number of carbonyl (C=O) groups is 3. The molecule has 0 aromatic rings. The summed E-state index contributed by atoms with van der Waals surface area (Å²) in [5.41, 5.74) is 5.99. The van der Waals surface area contributed by atoms with Crippen LogP contribution in [0.5, 0.6) is 0 Å². The number of nitrogens with zero attached hydrogens (tertiary/aromatic N) is 1. The molecule has 1 saturated heterocycles. The molecule has 0 aromatic heterocycles. The molecule has 8 nitrogen and oxygen atoms in total. The van der Waals surface area contributed by atoms with E-state index in [-0.39, 0.29) is 23.1 Å². The Labute approximate surface area is 203 Å².